The van der Waals surface area contributed by atoms with Gasteiger partial charge in [0, 0.05) is 17.7 Å². The summed E-state index contributed by atoms with van der Waals surface area (Å²) in [5.74, 6) is 0.438. The average Bonchev–Trinajstić information content (AvgIpc) is 2.46. The molecule has 1 aromatic carbocycles. The second-order valence-electron chi connectivity index (χ2n) is 4.02. The van der Waals surface area contributed by atoms with Crippen molar-refractivity contribution >= 4 is 28.6 Å². The Bertz CT molecular complexity index is 587. The van der Waals surface area contributed by atoms with Crippen molar-refractivity contribution in [3.05, 3.63) is 35.9 Å². The number of benzene rings is 1. The average molecular weight is 276 g/mol. The van der Waals surface area contributed by atoms with Gasteiger partial charge >= 0.3 is 5.97 Å². The number of nitrogens with zero attached hydrogens (tertiary/aromatic N) is 1. The zero-order valence-electron chi connectivity index (χ0n) is 10.8. The number of hydrogen-bond donors (Lipinski definition) is 1. The Morgan fingerprint density at radius 1 is 1.42 bits per heavy atom. The van der Waals surface area contributed by atoms with E-state index in [9.17, 15) is 4.79 Å². The quantitative estimate of drug-likeness (QED) is 0.671. The normalized spacial score (nSPS) is 10.6. The lowest BCUT2D eigenvalue weighted by atomic mass is 10.1. The summed E-state index contributed by atoms with van der Waals surface area (Å²) in [5, 5.41) is 1.98. The molecular formula is C14H16N2O2S. The molecule has 1 heterocycles. The monoisotopic (exact) mass is 276 g/mol. The Balaban J connectivity index is 2.18. The molecule has 0 saturated carbocycles. The lowest BCUT2D eigenvalue weighted by Crippen LogP contribution is -2.03. The van der Waals surface area contributed by atoms with E-state index in [0.29, 0.717) is 18.7 Å². The highest BCUT2D eigenvalue weighted by atomic mass is 32.2. The number of aromatic nitrogens is 1. The number of para-hydroxylation sites is 1. The fraction of sp³-hybridized carbons (Fsp3) is 0.286. The second-order valence-corrected chi connectivity index (χ2v) is 5.11. The van der Waals surface area contributed by atoms with Crippen LogP contribution in [-0.4, -0.2) is 23.8 Å². The number of rotatable bonds is 5. The predicted octanol–water partition coefficient (Wildman–Crippen LogP) is 2.35. The van der Waals surface area contributed by atoms with Crippen molar-refractivity contribution < 1.29 is 9.53 Å². The number of thioether (sulfide) groups is 1. The minimum Gasteiger partial charge on any atom is -0.469 e. The molecular weight excluding hydrogens is 260 g/mol. The molecule has 0 fully saturated rings. The lowest BCUT2D eigenvalue weighted by Gasteiger charge is -2.08. The van der Waals surface area contributed by atoms with Crippen molar-refractivity contribution in [2.75, 3.05) is 12.9 Å². The van der Waals surface area contributed by atoms with E-state index in [1.165, 1.54) is 18.9 Å². The maximum Gasteiger partial charge on any atom is 0.306 e. The van der Waals surface area contributed by atoms with E-state index >= 15 is 0 Å². The number of carbonyl (C=O) groups excluding carboxylic acids is 1. The van der Waals surface area contributed by atoms with E-state index in [0.717, 1.165) is 21.5 Å². The van der Waals surface area contributed by atoms with Gasteiger partial charge in [0.05, 0.1) is 19.0 Å². The van der Waals surface area contributed by atoms with Crippen LogP contribution in [0.5, 0.6) is 0 Å². The number of carbonyl (C=O) groups is 1. The first-order chi connectivity index (χ1) is 9.24. The van der Waals surface area contributed by atoms with Gasteiger partial charge in [-0.3, -0.25) is 4.79 Å². The molecule has 4 nitrogen and oxygen atoms in total. The third-order valence-corrected chi connectivity index (χ3v) is 3.79. The van der Waals surface area contributed by atoms with Gasteiger partial charge in [-0.15, -0.1) is 11.8 Å². The minimum absolute atomic E-state index is 0.206. The maximum absolute atomic E-state index is 11.1. The summed E-state index contributed by atoms with van der Waals surface area (Å²) in [6, 6.07) is 9.99. The van der Waals surface area contributed by atoms with Crippen LogP contribution < -0.4 is 5.73 Å². The zero-order chi connectivity index (χ0) is 13.7. The van der Waals surface area contributed by atoms with Crippen LogP contribution in [0, 0.1) is 0 Å². The molecule has 1 aromatic heterocycles. The molecule has 2 N–H and O–H groups in total. The molecule has 0 atom stereocenters. The maximum atomic E-state index is 11.1. The molecule has 0 aliphatic heterocycles. The van der Waals surface area contributed by atoms with Crippen molar-refractivity contribution in [3.8, 4) is 0 Å². The smallest absolute Gasteiger partial charge is 0.306 e. The SMILES string of the molecule is COC(=O)CCSc1nc2ccccc2cc1CN. The summed E-state index contributed by atoms with van der Waals surface area (Å²) >= 11 is 1.54. The Morgan fingerprint density at radius 2 is 2.21 bits per heavy atom. The van der Waals surface area contributed by atoms with Crippen LogP contribution in [-0.2, 0) is 16.1 Å². The van der Waals surface area contributed by atoms with Crippen LogP contribution in [0.1, 0.15) is 12.0 Å². The van der Waals surface area contributed by atoms with Gasteiger partial charge in [0.25, 0.3) is 0 Å². The summed E-state index contributed by atoms with van der Waals surface area (Å²) < 4.78 is 4.62. The van der Waals surface area contributed by atoms with E-state index in [4.69, 9.17) is 5.73 Å². The number of nitrogens with two attached hydrogens (primary N) is 1. The fourth-order valence-electron chi connectivity index (χ4n) is 1.75. The van der Waals surface area contributed by atoms with Gasteiger partial charge in [-0.1, -0.05) is 18.2 Å². The first-order valence-electron chi connectivity index (χ1n) is 6.03. The van der Waals surface area contributed by atoms with Gasteiger partial charge in [-0.05, 0) is 17.7 Å². The lowest BCUT2D eigenvalue weighted by molar-refractivity contribution is -0.140. The molecule has 0 saturated heterocycles. The summed E-state index contributed by atoms with van der Waals surface area (Å²) in [7, 11) is 1.40. The van der Waals surface area contributed by atoms with Crippen LogP contribution in [0.2, 0.25) is 0 Å². The summed E-state index contributed by atoms with van der Waals surface area (Å²) in [6.07, 6.45) is 0.375. The molecule has 0 aliphatic rings. The van der Waals surface area contributed by atoms with Crippen LogP contribution >= 0.6 is 11.8 Å². The largest absolute Gasteiger partial charge is 0.469 e. The van der Waals surface area contributed by atoms with Crippen molar-refractivity contribution in [1.82, 2.24) is 4.98 Å². The standard InChI is InChI=1S/C14H16N2O2S/c1-18-13(17)6-7-19-14-11(9-15)8-10-4-2-3-5-12(10)16-14/h2-5,8H,6-7,9,15H2,1H3. The Hall–Kier alpha value is -1.59. The van der Waals surface area contributed by atoms with Crippen molar-refractivity contribution in [2.24, 2.45) is 5.73 Å². The van der Waals surface area contributed by atoms with Gasteiger partial charge in [0.1, 0.15) is 5.03 Å². The topological polar surface area (TPSA) is 65.2 Å². The van der Waals surface area contributed by atoms with Crippen molar-refractivity contribution in [2.45, 2.75) is 18.0 Å². The molecule has 0 amide bonds. The van der Waals surface area contributed by atoms with E-state index < -0.39 is 0 Å². The van der Waals surface area contributed by atoms with Crippen LogP contribution in [0.4, 0.5) is 0 Å². The van der Waals surface area contributed by atoms with Crippen molar-refractivity contribution in [1.29, 1.82) is 0 Å². The van der Waals surface area contributed by atoms with Gasteiger partial charge in [-0.25, -0.2) is 4.98 Å². The molecule has 19 heavy (non-hydrogen) atoms. The highest BCUT2D eigenvalue weighted by Crippen LogP contribution is 2.25. The van der Waals surface area contributed by atoms with E-state index in [-0.39, 0.29) is 5.97 Å². The fourth-order valence-corrected chi connectivity index (χ4v) is 2.70. The second kappa shape index (κ2) is 6.54. The molecule has 0 spiro atoms. The number of pyridine rings is 1. The number of ether oxygens (including phenoxy) is 1. The first kappa shape index (κ1) is 13.8. The van der Waals surface area contributed by atoms with Crippen LogP contribution in [0.15, 0.2) is 35.4 Å². The zero-order valence-corrected chi connectivity index (χ0v) is 11.6. The summed E-state index contributed by atoms with van der Waals surface area (Å²) in [5.41, 5.74) is 7.71. The van der Waals surface area contributed by atoms with Gasteiger partial charge in [0.2, 0.25) is 0 Å². The van der Waals surface area contributed by atoms with Gasteiger partial charge < -0.3 is 10.5 Å². The molecule has 0 radical (unpaired) electrons. The number of hydrogen-bond acceptors (Lipinski definition) is 5. The molecule has 2 aromatic rings. The van der Waals surface area contributed by atoms with Crippen molar-refractivity contribution in [3.63, 3.8) is 0 Å². The highest BCUT2D eigenvalue weighted by Gasteiger charge is 2.08. The number of fused-ring (bicyclic) bond motifs is 1. The van der Waals surface area contributed by atoms with Gasteiger partial charge in [-0.2, -0.15) is 0 Å². The molecule has 0 bridgehead atoms. The third-order valence-electron chi connectivity index (χ3n) is 2.76. The number of esters is 1. The van der Waals surface area contributed by atoms with Crippen LogP contribution in [0.3, 0.4) is 0 Å². The van der Waals surface area contributed by atoms with E-state index in [2.05, 4.69) is 15.8 Å². The predicted molar refractivity (Wildman–Crippen MR) is 77.0 cm³/mol. The Kier molecular flexibility index (Phi) is 4.76. The Labute approximate surface area is 116 Å². The summed E-state index contributed by atoms with van der Waals surface area (Å²) in [6.45, 7) is 0.443. The molecule has 0 unspecified atom stereocenters. The minimum atomic E-state index is -0.206. The summed E-state index contributed by atoms with van der Waals surface area (Å²) in [4.78, 5) is 15.7. The van der Waals surface area contributed by atoms with Crippen LogP contribution in [0.25, 0.3) is 10.9 Å². The Morgan fingerprint density at radius 3 is 2.95 bits per heavy atom. The third kappa shape index (κ3) is 3.45. The molecule has 0 aliphatic carbocycles. The number of methoxy groups -OCH3 is 1. The first-order valence-corrected chi connectivity index (χ1v) is 7.01. The van der Waals surface area contributed by atoms with E-state index in [1.807, 2.05) is 24.3 Å². The molecule has 100 valence electrons. The highest BCUT2D eigenvalue weighted by molar-refractivity contribution is 7.99. The molecule has 2 rings (SSSR count). The van der Waals surface area contributed by atoms with Gasteiger partial charge in [0.15, 0.2) is 0 Å². The van der Waals surface area contributed by atoms with E-state index in [1.54, 1.807) is 0 Å². The molecule has 5 heteroatoms.